The van der Waals surface area contributed by atoms with E-state index in [9.17, 15) is 5.11 Å². The van der Waals surface area contributed by atoms with Gasteiger partial charge in [0.05, 0.1) is 0 Å². The van der Waals surface area contributed by atoms with Crippen molar-refractivity contribution in [2.24, 2.45) is 11.8 Å². The summed E-state index contributed by atoms with van der Waals surface area (Å²) in [5, 5.41) is 13.8. The van der Waals surface area contributed by atoms with Gasteiger partial charge in [0.25, 0.3) is 0 Å². The summed E-state index contributed by atoms with van der Waals surface area (Å²) < 4.78 is 0. The third-order valence-corrected chi connectivity index (χ3v) is 4.57. The molecule has 0 amide bonds. The van der Waals surface area contributed by atoms with Crippen LogP contribution in [0.2, 0.25) is 0 Å². The summed E-state index contributed by atoms with van der Waals surface area (Å²) >= 11 is 0. The topological polar surface area (TPSA) is 32.3 Å². The maximum Gasteiger partial charge on any atom is 0.120 e. The molecule has 0 heterocycles. The normalized spacial score (nSPS) is 29.1. The molecule has 2 N–H and O–H groups in total. The molecule has 4 unspecified atom stereocenters. The molecule has 0 radical (unpaired) electrons. The zero-order valence-corrected chi connectivity index (χ0v) is 12.4. The third-order valence-electron chi connectivity index (χ3n) is 4.57. The molecule has 0 saturated heterocycles. The van der Waals surface area contributed by atoms with Crippen LogP contribution in [0, 0.1) is 11.8 Å². The molecule has 1 aromatic carbocycles. The van der Waals surface area contributed by atoms with Gasteiger partial charge in [-0.2, -0.15) is 0 Å². The number of nitrogens with one attached hydrogen (secondary N) is 1. The third kappa shape index (κ3) is 3.50. The summed E-state index contributed by atoms with van der Waals surface area (Å²) in [4.78, 5) is 0. The zero-order chi connectivity index (χ0) is 13.8. The number of phenolic OH excluding ortho intramolecular Hbond substituents is 1. The highest BCUT2D eigenvalue weighted by molar-refractivity contribution is 5.34. The molecular formula is C17H27NO. The number of phenols is 1. The smallest absolute Gasteiger partial charge is 0.120 e. The molecule has 0 spiro atoms. The fourth-order valence-corrected chi connectivity index (χ4v) is 3.38. The monoisotopic (exact) mass is 261 g/mol. The van der Waals surface area contributed by atoms with Crippen molar-refractivity contribution in [3.8, 4) is 5.75 Å². The van der Waals surface area contributed by atoms with E-state index in [1.165, 1.54) is 19.3 Å². The summed E-state index contributed by atoms with van der Waals surface area (Å²) in [6.45, 7) is 6.89. The Balaban J connectivity index is 2.05. The zero-order valence-electron chi connectivity index (χ0n) is 12.4. The average Bonchev–Trinajstić information content (AvgIpc) is 2.39. The minimum Gasteiger partial charge on any atom is -0.508 e. The van der Waals surface area contributed by atoms with Gasteiger partial charge in [-0.1, -0.05) is 39.0 Å². The van der Waals surface area contributed by atoms with Crippen molar-refractivity contribution in [3.63, 3.8) is 0 Å². The molecular weight excluding hydrogens is 234 g/mol. The number of benzene rings is 1. The van der Waals surface area contributed by atoms with E-state index < -0.39 is 0 Å². The first-order valence-corrected chi connectivity index (χ1v) is 7.65. The molecule has 1 aliphatic carbocycles. The predicted octanol–water partition coefficient (Wildman–Crippen LogP) is 4.26. The van der Waals surface area contributed by atoms with Crippen molar-refractivity contribution >= 4 is 0 Å². The molecule has 0 aliphatic heterocycles. The minimum atomic E-state index is 0.266. The molecule has 1 saturated carbocycles. The van der Waals surface area contributed by atoms with Crippen LogP contribution in [0.3, 0.4) is 0 Å². The maximum atomic E-state index is 10.0. The summed E-state index contributed by atoms with van der Waals surface area (Å²) in [6.07, 6.45) is 4.90. The van der Waals surface area contributed by atoms with Gasteiger partial charge in [-0.25, -0.2) is 0 Å². The van der Waals surface area contributed by atoms with E-state index in [1.54, 1.807) is 6.07 Å². The molecule has 19 heavy (non-hydrogen) atoms. The average molecular weight is 261 g/mol. The molecule has 4 atom stereocenters. The molecule has 2 rings (SSSR count). The first-order chi connectivity index (χ1) is 9.11. The van der Waals surface area contributed by atoms with E-state index in [4.69, 9.17) is 0 Å². The lowest BCUT2D eigenvalue weighted by atomic mass is 9.79. The van der Waals surface area contributed by atoms with Crippen LogP contribution in [0.5, 0.6) is 5.75 Å². The molecule has 0 aromatic heterocycles. The van der Waals surface area contributed by atoms with Crippen LogP contribution in [0.15, 0.2) is 24.3 Å². The van der Waals surface area contributed by atoms with Crippen LogP contribution < -0.4 is 5.32 Å². The quantitative estimate of drug-likeness (QED) is 0.849. The van der Waals surface area contributed by atoms with Crippen molar-refractivity contribution in [1.29, 1.82) is 0 Å². The Hall–Kier alpha value is -1.02. The van der Waals surface area contributed by atoms with Gasteiger partial charge in [-0.15, -0.1) is 0 Å². The largest absolute Gasteiger partial charge is 0.508 e. The van der Waals surface area contributed by atoms with Gasteiger partial charge in [-0.3, -0.25) is 0 Å². The highest BCUT2D eigenvalue weighted by Crippen LogP contribution is 2.32. The highest BCUT2D eigenvalue weighted by atomic mass is 16.3. The second-order valence-electron chi connectivity index (χ2n) is 6.19. The Morgan fingerprint density at radius 1 is 1.26 bits per heavy atom. The Labute approximate surface area is 117 Å². The van der Waals surface area contributed by atoms with Gasteiger partial charge < -0.3 is 10.4 Å². The van der Waals surface area contributed by atoms with Crippen LogP contribution in [0.1, 0.15) is 58.1 Å². The molecule has 1 aromatic rings. The van der Waals surface area contributed by atoms with Crippen molar-refractivity contribution < 1.29 is 5.11 Å². The SMILES string of the molecule is CCC(NC1CCC(C)CC1C)c1ccccc1O. The van der Waals surface area contributed by atoms with Gasteiger partial charge in [0, 0.05) is 17.6 Å². The van der Waals surface area contributed by atoms with E-state index in [2.05, 4.69) is 26.1 Å². The maximum absolute atomic E-state index is 10.0. The molecule has 2 heteroatoms. The first kappa shape index (κ1) is 14.4. The van der Waals surface area contributed by atoms with E-state index in [0.717, 1.165) is 23.8 Å². The lowest BCUT2D eigenvalue weighted by Crippen LogP contribution is -2.41. The van der Waals surface area contributed by atoms with Gasteiger partial charge in [-0.05, 0) is 43.6 Å². The summed E-state index contributed by atoms with van der Waals surface area (Å²) in [5.41, 5.74) is 1.04. The first-order valence-electron chi connectivity index (χ1n) is 7.65. The Morgan fingerprint density at radius 2 is 2.00 bits per heavy atom. The van der Waals surface area contributed by atoms with Crippen molar-refractivity contribution in [1.82, 2.24) is 5.32 Å². The van der Waals surface area contributed by atoms with Gasteiger partial charge >= 0.3 is 0 Å². The highest BCUT2D eigenvalue weighted by Gasteiger charge is 2.27. The lowest BCUT2D eigenvalue weighted by Gasteiger charge is -2.36. The fraction of sp³-hybridized carbons (Fsp3) is 0.647. The number of hydrogen-bond donors (Lipinski definition) is 2. The molecule has 106 valence electrons. The summed E-state index contributed by atoms with van der Waals surface area (Å²) in [6, 6.07) is 8.56. The lowest BCUT2D eigenvalue weighted by molar-refractivity contribution is 0.211. The van der Waals surface area contributed by atoms with Crippen molar-refractivity contribution in [2.75, 3.05) is 0 Å². The second kappa shape index (κ2) is 6.42. The Kier molecular flexibility index (Phi) is 4.87. The van der Waals surface area contributed by atoms with Crippen molar-refractivity contribution in [3.05, 3.63) is 29.8 Å². The van der Waals surface area contributed by atoms with Gasteiger partial charge in [0.2, 0.25) is 0 Å². The van der Waals surface area contributed by atoms with Crippen LogP contribution >= 0.6 is 0 Å². The summed E-state index contributed by atoms with van der Waals surface area (Å²) in [5.74, 6) is 2.00. The van der Waals surface area contributed by atoms with E-state index in [1.807, 2.05) is 18.2 Å². The van der Waals surface area contributed by atoms with Gasteiger partial charge in [0.15, 0.2) is 0 Å². The van der Waals surface area contributed by atoms with Crippen molar-refractivity contribution in [2.45, 2.75) is 58.5 Å². The number of aromatic hydroxyl groups is 1. The Morgan fingerprint density at radius 3 is 2.63 bits per heavy atom. The number of para-hydroxylation sites is 1. The molecule has 1 aliphatic rings. The van der Waals surface area contributed by atoms with E-state index >= 15 is 0 Å². The Bertz CT molecular complexity index is 404. The van der Waals surface area contributed by atoms with Gasteiger partial charge in [0.1, 0.15) is 5.75 Å². The standard InChI is InChI=1S/C17H27NO/c1-4-15(14-7-5-6-8-17(14)19)18-16-10-9-12(2)11-13(16)3/h5-8,12-13,15-16,18-19H,4,9-11H2,1-3H3. The summed E-state index contributed by atoms with van der Waals surface area (Å²) in [7, 11) is 0. The van der Waals surface area contributed by atoms with Crippen LogP contribution in [-0.2, 0) is 0 Å². The van der Waals surface area contributed by atoms with Crippen LogP contribution in [-0.4, -0.2) is 11.1 Å². The number of hydrogen-bond acceptors (Lipinski definition) is 2. The molecule has 1 fully saturated rings. The predicted molar refractivity (Wildman–Crippen MR) is 80.2 cm³/mol. The molecule has 0 bridgehead atoms. The second-order valence-corrected chi connectivity index (χ2v) is 6.19. The molecule has 2 nitrogen and oxygen atoms in total. The minimum absolute atomic E-state index is 0.266. The fourth-order valence-electron chi connectivity index (χ4n) is 3.38. The van der Waals surface area contributed by atoms with E-state index in [-0.39, 0.29) is 6.04 Å². The van der Waals surface area contributed by atoms with E-state index in [0.29, 0.717) is 11.8 Å². The van der Waals surface area contributed by atoms with Crippen LogP contribution in [0.25, 0.3) is 0 Å². The number of rotatable bonds is 4. The van der Waals surface area contributed by atoms with Crippen LogP contribution in [0.4, 0.5) is 0 Å².